The summed E-state index contributed by atoms with van der Waals surface area (Å²) in [6.45, 7) is 1.90. The number of ether oxygens (including phenoxy) is 1. The summed E-state index contributed by atoms with van der Waals surface area (Å²) in [5.41, 5.74) is 0. The molecule has 48 valence electrons. The number of carbonyl (C=O) groups excluding carboxylic acids is 2. The summed E-state index contributed by atoms with van der Waals surface area (Å²) in [6, 6.07) is 0. The third kappa shape index (κ3) is 0.422. The molecule has 1 aliphatic heterocycles. The van der Waals surface area contributed by atoms with Crippen molar-refractivity contribution in [3.8, 4) is 0 Å². The lowest BCUT2D eigenvalue weighted by Crippen LogP contribution is -2.08. The molecule has 2 rings (SSSR count). The van der Waals surface area contributed by atoms with E-state index < -0.39 is 0 Å². The van der Waals surface area contributed by atoms with Crippen molar-refractivity contribution in [2.24, 2.45) is 17.8 Å². The van der Waals surface area contributed by atoms with Gasteiger partial charge in [-0.1, -0.05) is 6.92 Å². The molecule has 0 aromatic heterocycles. The Kier molecular flexibility index (Phi) is 0.648. The van der Waals surface area contributed by atoms with Crippen LogP contribution in [-0.4, -0.2) is 11.9 Å². The molecule has 1 aliphatic carbocycles. The fourth-order valence-corrected chi connectivity index (χ4v) is 1.42. The van der Waals surface area contributed by atoms with E-state index in [1.54, 1.807) is 0 Å². The Hall–Kier alpha value is -0.860. The minimum Gasteiger partial charge on any atom is -0.393 e. The molecule has 3 heteroatoms. The van der Waals surface area contributed by atoms with Crippen LogP contribution in [0.25, 0.3) is 0 Å². The maximum atomic E-state index is 10.6. The standard InChI is InChI=1S/C6H6O3/c1-2-3-4(2)6(8)9-5(3)7/h2-4H,1H3/t2?,3-,4+. The van der Waals surface area contributed by atoms with E-state index >= 15 is 0 Å². The zero-order chi connectivity index (χ0) is 6.59. The molecule has 1 unspecified atom stereocenters. The lowest BCUT2D eigenvalue weighted by molar-refractivity contribution is -0.156. The van der Waals surface area contributed by atoms with E-state index in [1.165, 1.54) is 0 Å². The van der Waals surface area contributed by atoms with E-state index in [0.29, 0.717) is 0 Å². The number of cyclic esters (lactones) is 2. The summed E-state index contributed by atoms with van der Waals surface area (Å²) in [4.78, 5) is 21.2. The average Bonchev–Trinajstić information content (AvgIpc) is 2.30. The molecular weight excluding hydrogens is 120 g/mol. The maximum absolute atomic E-state index is 10.6. The topological polar surface area (TPSA) is 43.4 Å². The van der Waals surface area contributed by atoms with Crippen LogP contribution in [0.2, 0.25) is 0 Å². The molecule has 3 nitrogen and oxygen atoms in total. The minimum atomic E-state index is -0.322. The highest BCUT2D eigenvalue weighted by atomic mass is 16.6. The molecule has 1 heterocycles. The first-order valence-electron chi connectivity index (χ1n) is 2.97. The van der Waals surface area contributed by atoms with Gasteiger partial charge in [-0.05, 0) is 5.92 Å². The van der Waals surface area contributed by atoms with Crippen LogP contribution < -0.4 is 0 Å². The van der Waals surface area contributed by atoms with Gasteiger partial charge in [0, 0.05) is 0 Å². The summed E-state index contributed by atoms with van der Waals surface area (Å²) in [5, 5.41) is 0. The highest BCUT2D eigenvalue weighted by Crippen LogP contribution is 2.51. The Morgan fingerprint density at radius 3 is 1.89 bits per heavy atom. The zero-order valence-electron chi connectivity index (χ0n) is 4.96. The van der Waals surface area contributed by atoms with Crippen LogP contribution in [-0.2, 0) is 14.3 Å². The van der Waals surface area contributed by atoms with Crippen molar-refractivity contribution in [3.63, 3.8) is 0 Å². The van der Waals surface area contributed by atoms with E-state index in [-0.39, 0.29) is 29.7 Å². The van der Waals surface area contributed by atoms with Gasteiger partial charge >= 0.3 is 11.9 Å². The Bertz CT molecular complexity index is 176. The highest BCUT2D eigenvalue weighted by Gasteiger charge is 2.63. The maximum Gasteiger partial charge on any atom is 0.317 e. The van der Waals surface area contributed by atoms with E-state index in [9.17, 15) is 9.59 Å². The predicted molar refractivity (Wildman–Crippen MR) is 27.2 cm³/mol. The smallest absolute Gasteiger partial charge is 0.317 e. The van der Waals surface area contributed by atoms with Gasteiger partial charge in [0.1, 0.15) is 0 Å². The van der Waals surface area contributed by atoms with Gasteiger partial charge in [0.15, 0.2) is 0 Å². The molecule has 0 amide bonds. The first kappa shape index (κ1) is 4.97. The largest absolute Gasteiger partial charge is 0.393 e. The summed E-state index contributed by atoms with van der Waals surface area (Å²) in [6.07, 6.45) is 0. The second kappa shape index (κ2) is 1.17. The van der Waals surface area contributed by atoms with Crippen LogP contribution in [0.1, 0.15) is 6.92 Å². The lowest BCUT2D eigenvalue weighted by atomic mass is 10.3. The number of fused-ring (bicyclic) bond motifs is 1. The van der Waals surface area contributed by atoms with Gasteiger partial charge in [-0.15, -0.1) is 0 Å². The molecule has 2 aliphatic rings. The van der Waals surface area contributed by atoms with Crippen LogP contribution in [0, 0.1) is 17.8 Å². The van der Waals surface area contributed by atoms with Crippen molar-refractivity contribution in [1.82, 2.24) is 0 Å². The van der Waals surface area contributed by atoms with E-state index in [4.69, 9.17) is 0 Å². The van der Waals surface area contributed by atoms with Crippen LogP contribution in [0.5, 0.6) is 0 Å². The molecule has 9 heavy (non-hydrogen) atoms. The summed E-state index contributed by atoms with van der Waals surface area (Å²) < 4.78 is 4.32. The molecule has 0 spiro atoms. The second-order valence-corrected chi connectivity index (χ2v) is 2.65. The molecule has 0 N–H and O–H groups in total. The summed E-state index contributed by atoms with van der Waals surface area (Å²) in [5.74, 6) is -0.566. The SMILES string of the molecule is CC1[C@H]2C(=O)OC(=O)[C@@H]12. The quantitative estimate of drug-likeness (QED) is 0.337. The van der Waals surface area contributed by atoms with Crippen LogP contribution in [0.3, 0.4) is 0 Å². The van der Waals surface area contributed by atoms with Gasteiger partial charge in [0.25, 0.3) is 0 Å². The van der Waals surface area contributed by atoms with E-state index in [1.807, 2.05) is 6.92 Å². The third-order valence-electron chi connectivity index (χ3n) is 2.12. The fourth-order valence-electron chi connectivity index (χ4n) is 1.42. The molecule has 0 bridgehead atoms. The van der Waals surface area contributed by atoms with E-state index in [2.05, 4.69) is 4.74 Å². The molecule has 3 atom stereocenters. The molecule has 2 fully saturated rings. The third-order valence-corrected chi connectivity index (χ3v) is 2.12. The molecule has 0 aromatic rings. The first-order chi connectivity index (χ1) is 4.22. The van der Waals surface area contributed by atoms with Crippen LogP contribution in [0.4, 0.5) is 0 Å². The second-order valence-electron chi connectivity index (χ2n) is 2.65. The van der Waals surface area contributed by atoms with Gasteiger partial charge < -0.3 is 4.74 Å². The van der Waals surface area contributed by atoms with Gasteiger partial charge in [0.2, 0.25) is 0 Å². The molecule has 0 aromatic carbocycles. The Labute approximate surface area is 52.0 Å². The Morgan fingerprint density at radius 1 is 1.22 bits per heavy atom. The van der Waals surface area contributed by atoms with Gasteiger partial charge in [0.05, 0.1) is 11.8 Å². The van der Waals surface area contributed by atoms with E-state index in [0.717, 1.165) is 0 Å². The van der Waals surface area contributed by atoms with Crippen molar-refractivity contribution in [2.45, 2.75) is 6.92 Å². The van der Waals surface area contributed by atoms with Crippen LogP contribution >= 0.6 is 0 Å². The Morgan fingerprint density at radius 2 is 1.67 bits per heavy atom. The van der Waals surface area contributed by atoms with Crippen molar-refractivity contribution in [1.29, 1.82) is 0 Å². The van der Waals surface area contributed by atoms with Crippen molar-refractivity contribution >= 4 is 11.9 Å². The van der Waals surface area contributed by atoms with Crippen molar-refractivity contribution in [3.05, 3.63) is 0 Å². The highest BCUT2D eigenvalue weighted by molar-refractivity contribution is 6.01. The monoisotopic (exact) mass is 126 g/mol. The summed E-state index contributed by atoms with van der Waals surface area (Å²) in [7, 11) is 0. The normalized spacial score (nSPS) is 46.6. The Balaban J connectivity index is 2.28. The number of rotatable bonds is 0. The predicted octanol–water partition coefficient (Wildman–Crippen LogP) is -0.0481. The van der Waals surface area contributed by atoms with Crippen molar-refractivity contribution in [2.75, 3.05) is 0 Å². The first-order valence-corrected chi connectivity index (χ1v) is 2.97. The number of hydrogen-bond acceptors (Lipinski definition) is 3. The molecule has 0 radical (unpaired) electrons. The minimum absolute atomic E-state index is 0.0856. The number of carbonyl (C=O) groups is 2. The molecular formula is C6H6O3. The van der Waals surface area contributed by atoms with Crippen LogP contribution in [0.15, 0.2) is 0 Å². The van der Waals surface area contributed by atoms with Gasteiger partial charge in [-0.2, -0.15) is 0 Å². The zero-order valence-corrected chi connectivity index (χ0v) is 4.96. The van der Waals surface area contributed by atoms with Gasteiger partial charge in [-0.25, -0.2) is 0 Å². The molecule has 1 saturated heterocycles. The van der Waals surface area contributed by atoms with Gasteiger partial charge in [-0.3, -0.25) is 9.59 Å². The molecule has 1 saturated carbocycles. The lowest BCUT2D eigenvalue weighted by Gasteiger charge is -1.93. The summed E-state index contributed by atoms with van der Waals surface area (Å²) >= 11 is 0. The number of esters is 2. The average molecular weight is 126 g/mol. The van der Waals surface area contributed by atoms with Crippen molar-refractivity contribution < 1.29 is 14.3 Å². The number of hydrogen-bond donors (Lipinski definition) is 0. The fraction of sp³-hybridized carbons (Fsp3) is 0.667.